The van der Waals surface area contributed by atoms with Crippen LogP contribution in [0, 0.1) is 5.82 Å². The van der Waals surface area contributed by atoms with Gasteiger partial charge in [-0.1, -0.05) is 29.4 Å². The molecule has 1 heterocycles. The Balaban J connectivity index is 2.36. The zero-order valence-corrected chi connectivity index (χ0v) is 10.0. The quantitative estimate of drug-likeness (QED) is 0.633. The molecule has 0 unspecified atom stereocenters. The molecule has 3 nitrogen and oxygen atoms in total. The van der Waals surface area contributed by atoms with Crippen LogP contribution in [-0.2, 0) is 0 Å². The van der Waals surface area contributed by atoms with Gasteiger partial charge in [0.05, 0.1) is 5.56 Å². The normalized spacial score (nSPS) is 10.2. The second-order valence-corrected chi connectivity index (χ2v) is 4.48. The van der Waals surface area contributed by atoms with Crippen molar-refractivity contribution in [1.82, 2.24) is 9.97 Å². The molecule has 6 heteroatoms. The fraction of sp³-hybridized carbons (Fsp3) is 0. The van der Waals surface area contributed by atoms with E-state index in [1.807, 2.05) is 0 Å². The largest absolute Gasteiger partial charge is 0.298 e. The zero-order chi connectivity index (χ0) is 12.3. The van der Waals surface area contributed by atoms with Crippen LogP contribution < -0.4 is 0 Å². The molecule has 2 aromatic rings. The van der Waals surface area contributed by atoms with Crippen molar-refractivity contribution in [2.45, 2.75) is 9.92 Å². The first-order valence-corrected chi connectivity index (χ1v) is 5.79. The molecule has 2 rings (SSSR count). The zero-order valence-electron chi connectivity index (χ0n) is 8.43. The summed E-state index contributed by atoms with van der Waals surface area (Å²) >= 11 is 6.92. The third-order valence-corrected chi connectivity index (χ3v) is 3.24. The van der Waals surface area contributed by atoms with Gasteiger partial charge in [0.1, 0.15) is 22.3 Å². The number of rotatable bonds is 3. The first-order valence-electron chi connectivity index (χ1n) is 4.60. The van der Waals surface area contributed by atoms with Crippen molar-refractivity contribution in [1.29, 1.82) is 0 Å². The monoisotopic (exact) mass is 268 g/mol. The van der Waals surface area contributed by atoms with Crippen LogP contribution in [0.3, 0.4) is 0 Å². The number of carbonyl (C=O) groups excluding carboxylic acids is 1. The predicted molar refractivity (Wildman–Crippen MR) is 63.0 cm³/mol. The van der Waals surface area contributed by atoms with Crippen molar-refractivity contribution in [2.75, 3.05) is 0 Å². The van der Waals surface area contributed by atoms with Crippen LogP contribution >= 0.6 is 23.4 Å². The highest BCUT2D eigenvalue weighted by atomic mass is 35.5. The van der Waals surface area contributed by atoms with Gasteiger partial charge in [-0.2, -0.15) is 0 Å². The molecule has 0 radical (unpaired) electrons. The third-order valence-electron chi connectivity index (χ3n) is 1.93. The molecule has 0 atom stereocenters. The number of aromatic nitrogens is 2. The minimum absolute atomic E-state index is 0.0916. The molecule has 0 aliphatic heterocycles. The van der Waals surface area contributed by atoms with E-state index in [2.05, 4.69) is 9.97 Å². The number of benzene rings is 1. The summed E-state index contributed by atoms with van der Waals surface area (Å²) in [7, 11) is 0. The SMILES string of the molecule is O=Cc1c(Cl)ncnc1Sc1cccc(F)c1. The summed E-state index contributed by atoms with van der Waals surface area (Å²) in [5, 5.41) is 0.500. The summed E-state index contributed by atoms with van der Waals surface area (Å²) in [5.41, 5.74) is 0.212. The maximum absolute atomic E-state index is 13.0. The van der Waals surface area contributed by atoms with Gasteiger partial charge in [0.2, 0.25) is 0 Å². The Bertz CT molecular complexity index is 565. The van der Waals surface area contributed by atoms with E-state index in [0.717, 1.165) is 11.8 Å². The molecule has 0 spiro atoms. The van der Waals surface area contributed by atoms with E-state index >= 15 is 0 Å². The van der Waals surface area contributed by atoms with Gasteiger partial charge in [-0.3, -0.25) is 4.79 Å². The smallest absolute Gasteiger partial charge is 0.155 e. The summed E-state index contributed by atoms with van der Waals surface area (Å²) in [4.78, 5) is 19.1. The molecule has 0 aliphatic carbocycles. The Kier molecular flexibility index (Phi) is 3.71. The van der Waals surface area contributed by atoms with Gasteiger partial charge in [0.25, 0.3) is 0 Å². The van der Waals surface area contributed by atoms with Gasteiger partial charge >= 0.3 is 0 Å². The topological polar surface area (TPSA) is 42.9 Å². The van der Waals surface area contributed by atoms with E-state index in [4.69, 9.17) is 11.6 Å². The second kappa shape index (κ2) is 5.25. The van der Waals surface area contributed by atoms with Gasteiger partial charge in [-0.15, -0.1) is 0 Å². The van der Waals surface area contributed by atoms with Crippen molar-refractivity contribution in [3.8, 4) is 0 Å². The lowest BCUT2D eigenvalue weighted by molar-refractivity contribution is 0.112. The van der Waals surface area contributed by atoms with E-state index in [1.54, 1.807) is 12.1 Å². The third kappa shape index (κ3) is 2.81. The van der Waals surface area contributed by atoms with E-state index < -0.39 is 0 Å². The summed E-state index contributed by atoms with van der Waals surface area (Å²) in [6.45, 7) is 0. The highest BCUT2D eigenvalue weighted by Crippen LogP contribution is 2.30. The summed E-state index contributed by atoms with van der Waals surface area (Å²) in [5.74, 6) is -0.345. The fourth-order valence-corrected chi connectivity index (χ4v) is 2.31. The maximum Gasteiger partial charge on any atom is 0.155 e. The van der Waals surface area contributed by atoms with E-state index in [1.165, 1.54) is 18.5 Å². The molecule has 86 valence electrons. The van der Waals surface area contributed by atoms with Crippen LogP contribution in [0.2, 0.25) is 5.15 Å². The number of halogens is 2. The summed E-state index contributed by atoms with van der Waals surface area (Å²) < 4.78 is 13.0. The molecule has 0 N–H and O–H groups in total. The standard InChI is InChI=1S/C11H6ClFN2OS/c12-10-9(5-16)11(15-6-14-10)17-8-3-1-2-7(13)4-8/h1-6H. The lowest BCUT2D eigenvalue weighted by Gasteiger charge is -2.04. The Morgan fingerprint density at radius 1 is 1.35 bits per heavy atom. The number of carbonyl (C=O) groups is 1. The van der Waals surface area contributed by atoms with Crippen molar-refractivity contribution in [3.63, 3.8) is 0 Å². The molecule has 0 saturated heterocycles. The molecule has 0 fully saturated rings. The van der Waals surface area contributed by atoms with Crippen LogP contribution in [0.15, 0.2) is 40.5 Å². The molecular weight excluding hydrogens is 263 g/mol. The number of nitrogens with zero attached hydrogens (tertiary/aromatic N) is 2. The van der Waals surface area contributed by atoms with Crippen LogP contribution in [0.4, 0.5) is 4.39 Å². The van der Waals surface area contributed by atoms with Crippen LogP contribution in [0.1, 0.15) is 10.4 Å². The van der Waals surface area contributed by atoms with Gasteiger partial charge in [0, 0.05) is 4.90 Å². The molecule has 0 bridgehead atoms. The minimum atomic E-state index is -0.345. The Hall–Kier alpha value is -1.46. The molecular formula is C11H6ClFN2OS. The van der Waals surface area contributed by atoms with Crippen molar-refractivity contribution in [2.24, 2.45) is 0 Å². The van der Waals surface area contributed by atoms with Crippen molar-refractivity contribution in [3.05, 3.63) is 47.1 Å². The molecule has 1 aromatic carbocycles. The van der Waals surface area contributed by atoms with Gasteiger partial charge in [-0.25, -0.2) is 14.4 Å². The van der Waals surface area contributed by atoms with Gasteiger partial charge in [-0.05, 0) is 18.2 Å². The molecule has 17 heavy (non-hydrogen) atoms. The first-order chi connectivity index (χ1) is 8.20. The fourth-order valence-electron chi connectivity index (χ4n) is 1.18. The minimum Gasteiger partial charge on any atom is -0.298 e. The first kappa shape index (κ1) is 12.0. The molecule has 0 saturated carbocycles. The highest BCUT2D eigenvalue weighted by molar-refractivity contribution is 7.99. The molecule has 1 aromatic heterocycles. The Labute approximate surface area is 106 Å². The lowest BCUT2D eigenvalue weighted by atomic mass is 10.3. The van der Waals surface area contributed by atoms with Gasteiger partial charge < -0.3 is 0 Å². The average Bonchev–Trinajstić information content (AvgIpc) is 2.29. The van der Waals surface area contributed by atoms with Crippen molar-refractivity contribution < 1.29 is 9.18 Å². The molecule has 0 aliphatic rings. The summed E-state index contributed by atoms with van der Waals surface area (Å²) in [6.07, 6.45) is 1.85. The van der Waals surface area contributed by atoms with Crippen LogP contribution in [0.25, 0.3) is 0 Å². The lowest BCUT2D eigenvalue weighted by Crippen LogP contribution is -1.93. The average molecular weight is 269 g/mol. The Morgan fingerprint density at radius 2 is 2.18 bits per heavy atom. The number of aldehydes is 1. The van der Waals surface area contributed by atoms with E-state index in [9.17, 15) is 9.18 Å². The number of hydrogen-bond donors (Lipinski definition) is 0. The second-order valence-electron chi connectivity index (χ2n) is 3.06. The maximum atomic E-state index is 13.0. The highest BCUT2D eigenvalue weighted by Gasteiger charge is 2.10. The van der Waals surface area contributed by atoms with Crippen molar-refractivity contribution >= 4 is 29.6 Å². The van der Waals surface area contributed by atoms with Crippen LogP contribution in [0.5, 0.6) is 0 Å². The van der Waals surface area contributed by atoms with Crippen LogP contribution in [-0.4, -0.2) is 16.3 Å². The Morgan fingerprint density at radius 3 is 2.88 bits per heavy atom. The van der Waals surface area contributed by atoms with E-state index in [-0.39, 0.29) is 16.5 Å². The molecule has 0 amide bonds. The number of hydrogen-bond acceptors (Lipinski definition) is 4. The summed E-state index contributed by atoms with van der Waals surface area (Å²) in [6, 6.07) is 6.01. The van der Waals surface area contributed by atoms with Gasteiger partial charge in [0.15, 0.2) is 6.29 Å². The predicted octanol–water partition coefficient (Wildman–Crippen LogP) is 3.23. The van der Waals surface area contributed by atoms with E-state index in [0.29, 0.717) is 16.2 Å².